The Bertz CT molecular complexity index is 250. The Balaban J connectivity index is 0. The van der Waals surface area contributed by atoms with Crippen LogP contribution >= 0.6 is 7.91 Å². The maximum Gasteiger partial charge on any atom is 0.510 e. The predicted molar refractivity (Wildman–Crippen MR) is 77.4 cm³/mol. The van der Waals surface area contributed by atoms with Crippen molar-refractivity contribution in [2.24, 2.45) is 5.73 Å². The molecule has 0 aliphatic rings. The van der Waals surface area contributed by atoms with Crippen molar-refractivity contribution in [1.29, 1.82) is 0 Å². The molecule has 0 spiro atoms. The van der Waals surface area contributed by atoms with Gasteiger partial charge in [0, 0.05) is 12.6 Å². The molecule has 0 fully saturated rings. The number of ether oxygens (including phenoxy) is 2. The monoisotopic (exact) mass is 317 g/mol. The zero-order chi connectivity index (χ0) is 16.1. The number of hydrogen-bond acceptors (Lipinski definition) is 5. The summed E-state index contributed by atoms with van der Waals surface area (Å²) in [6.07, 6.45) is 3.29. The molecule has 6 nitrogen and oxygen atoms in total. The van der Waals surface area contributed by atoms with Gasteiger partial charge in [0.1, 0.15) is 0 Å². The Labute approximate surface area is 121 Å². The zero-order valence-electron chi connectivity index (χ0n) is 12.9. The molecule has 0 bridgehead atoms. The molecule has 124 valence electrons. The lowest BCUT2D eigenvalue weighted by atomic mass is 9.92. The van der Waals surface area contributed by atoms with E-state index in [9.17, 15) is 8.76 Å². The van der Waals surface area contributed by atoms with Crippen LogP contribution in [0.25, 0.3) is 0 Å². The highest BCUT2D eigenvalue weighted by atomic mass is 31.2. The Kier molecular flexibility index (Phi) is 14.1. The van der Waals surface area contributed by atoms with E-state index in [1.165, 1.54) is 7.11 Å². The molecule has 20 heavy (non-hydrogen) atoms. The van der Waals surface area contributed by atoms with Crippen LogP contribution in [0.15, 0.2) is 0 Å². The van der Waals surface area contributed by atoms with Gasteiger partial charge in [0.05, 0.1) is 26.4 Å². The zero-order valence-corrected chi connectivity index (χ0v) is 13.8. The molecule has 1 atom stereocenters. The molecule has 0 aromatic carbocycles. The maximum absolute atomic E-state index is 11.8. The Morgan fingerprint density at radius 1 is 1.10 bits per heavy atom. The van der Waals surface area contributed by atoms with Crippen molar-refractivity contribution in [3.05, 3.63) is 0 Å². The van der Waals surface area contributed by atoms with Gasteiger partial charge >= 0.3 is 7.91 Å². The van der Waals surface area contributed by atoms with E-state index < -0.39 is 7.91 Å². The van der Waals surface area contributed by atoms with E-state index in [-0.39, 0.29) is 18.8 Å². The fraction of sp³-hybridized carbons (Fsp3) is 1.00. The van der Waals surface area contributed by atoms with E-state index >= 15 is 0 Å². The molecular weight excluding hydrogens is 288 g/mol. The molecule has 8 heteroatoms. The van der Waals surface area contributed by atoms with Crippen molar-refractivity contribution in [3.8, 4) is 0 Å². The smallest absolute Gasteiger partial charge is 0.382 e. The molecule has 0 aliphatic carbocycles. The largest absolute Gasteiger partial charge is 0.510 e. The summed E-state index contributed by atoms with van der Waals surface area (Å²) < 4.78 is 35.0. The van der Waals surface area contributed by atoms with Gasteiger partial charge in [-0.2, -0.15) is 0 Å². The van der Waals surface area contributed by atoms with Crippen molar-refractivity contribution < 1.29 is 27.7 Å². The average Bonchev–Trinajstić information content (AvgIpc) is 2.41. The molecule has 0 radical (unpaired) electrons. The second kappa shape index (κ2) is 12.7. The third-order valence-electron chi connectivity index (χ3n) is 3.02. The van der Waals surface area contributed by atoms with Crippen molar-refractivity contribution >= 4 is 7.91 Å². The summed E-state index contributed by atoms with van der Waals surface area (Å²) in [5.41, 5.74) is 6.02. The van der Waals surface area contributed by atoms with Gasteiger partial charge in [-0.3, -0.25) is 9.42 Å². The summed E-state index contributed by atoms with van der Waals surface area (Å²) in [5.74, 6) is 0. The topological polar surface area (TPSA) is 91.0 Å². The number of rotatable bonds is 10. The molecule has 0 aromatic heterocycles. The lowest BCUT2D eigenvalue weighted by Gasteiger charge is -2.23. The van der Waals surface area contributed by atoms with E-state index in [1.54, 1.807) is 0 Å². The van der Waals surface area contributed by atoms with Crippen LogP contribution in [0, 0.1) is 0 Å². The van der Waals surface area contributed by atoms with Crippen LogP contribution in [-0.2, 0) is 18.6 Å². The predicted octanol–water partition coefficient (Wildman–Crippen LogP) is 2.65. The van der Waals surface area contributed by atoms with Crippen LogP contribution in [0.4, 0.5) is 4.20 Å². The minimum atomic E-state index is -4.83. The SMILES string of the molecule is CCC(N)(CC)CC.COCCOCCOP(=O)(O)F. The Morgan fingerprint density at radius 3 is 1.85 bits per heavy atom. The highest BCUT2D eigenvalue weighted by Crippen LogP contribution is 2.42. The minimum absolute atomic E-state index is 0.0673. The third-order valence-corrected chi connectivity index (χ3v) is 3.52. The molecule has 0 aromatic rings. The highest BCUT2D eigenvalue weighted by Gasteiger charge is 2.16. The molecule has 0 amide bonds. The first-order chi connectivity index (χ1) is 9.24. The van der Waals surface area contributed by atoms with Gasteiger partial charge in [-0.05, 0) is 19.3 Å². The fourth-order valence-corrected chi connectivity index (χ4v) is 1.50. The fourth-order valence-electron chi connectivity index (χ4n) is 1.20. The summed E-state index contributed by atoms with van der Waals surface area (Å²) >= 11 is 0. The highest BCUT2D eigenvalue weighted by molar-refractivity contribution is 7.46. The van der Waals surface area contributed by atoms with Gasteiger partial charge in [0.2, 0.25) is 0 Å². The van der Waals surface area contributed by atoms with Gasteiger partial charge < -0.3 is 15.2 Å². The van der Waals surface area contributed by atoms with E-state index in [1.807, 2.05) is 0 Å². The van der Waals surface area contributed by atoms with Crippen molar-refractivity contribution in [1.82, 2.24) is 0 Å². The summed E-state index contributed by atoms with van der Waals surface area (Å²) in [5, 5.41) is 0. The summed E-state index contributed by atoms with van der Waals surface area (Å²) in [6, 6.07) is 0. The molecule has 1 unspecified atom stereocenters. The molecule has 0 saturated heterocycles. The lowest BCUT2D eigenvalue weighted by molar-refractivity contribution is 0.0503. The van der Waals surface area contributed by atoms with Gasteiger partial charge in [-0.1, -0.05) is 20.8 Å². The molecular formula is C12H29FNO5P. The first-order valence-corrected chi connectivity index (χ1v) is 8.24. The van der Waals surface area contributed by atoms with E-state index in [0.717, 1.165) is 19.3 Å². The van der Waals surface area contributed by atoms with Crippen molar-refractivity contribution in [3.63, 3.8) is 0 Å². The Morgan fingerprint density at radius 2 is 1.55 bits per heavy atom. The van der Waals surface area contributed by atoms with Crippen LogP contribution in [0.1, 0.15) is 40.0 Å². The molecule has 0 saturated carbocycles. The first-order valence-electron chi connectivity index (χ1n) is 6.77. The van der Waals surface area contributed by atoms with Crippen molar-refractivity contribution in [2.75, 3.05) is 33.5 Å². The van der Waals surface area contributed by atoms with Crippen LogP contribution in [0.5, 0.6) is 0 Å². The van der Waals surface area contributed by atoms with Gasteiger partial charge in [-0.15, -0.1) is 4.20 Å². The quantitative estimate of drug-likeness (QED) is 0.475. The summed E-state index contributed by atoms with van der Waals surface area (Å²) in [6.45, 7) is 7.03. The Hall–Kier alpha value is -0.0400. The van der Waals surface area contributed by atoms with Crippen molar-refractivity contribution in [2.45, 2.75) is 45.6 Å². The standard InChI is InChI=1S/C7H17N.C5H12FO5P/c1-4-7(8,5-2)6-3;1-9-2-3-10-4-5-11-12(6,7)8/h4-6,8H2,1-3H3;2-5H2,1H3,(H,7,8). The average molecular weight is 317 g/mol. The van der Waals surface area contributed by atoms with E-state index in [0.29, 0.717) is 13.2 Å². The number of nitrogens with two attached hydrogens (primary N) is 1. The van der Waals surface area contributed by atoms with Gasteiger partial charge in [0.15, 0.2) is 0 Å². The summed E-state index contributed by atoms with van der Waals surface area (Å²) in [4.78, 5) is 8.01. The van der Waals surface area contributed by atoms with Crippen LogP contribution in [0.2, 0.25) is 0 Å². The normalized spacial score (nSPS) is 14.3. The van der Waals surface area contributed by atoms with E-state index in [2.05, 4.69) is 30.0 Å². The lowest BCUT2D eigenvalue weighted by Crippen LogP contribution is -2.37. The van der Waals surface area contributed by atoms with Crippen LogP contribution < -0.4 is 5.73 Å². The summed E-state index contributed by atoms with van der Waals surface area (Å²) in [7, 11) is -3.32. The number of hydrogen-bond donors (Lipinski definition) is 2. The van der Waals surface area contributed by atoms with Gasteiger partial charge in [-0.25, -0.2) is 4.57 Å². The molecule has 3 N–H and O–H groups in total. The molecule has 0 rings (SSSR count). The van der Waals surface area contributed by atoms with Gasteiger partial charge in [0.25, 0.3) is 0 Å². The maximum atomic E-state index is 11.8. The molecule has 0 heterocycles. The first kappa shape index (κ1) is 22.2. The van der Waals surface area contributed by atoms with Crippen LogP contribution in [-0.4, -0.2) is 44.0 Å². The van der Waals surface area contributed by atoms with Crippen LogP contribution in [0.3, 0.4) is 0 Å². The second-order valence-corrected chi connectivity index (χ2v) is 5.47. The number of methoxy groups -OCH3 is 1. The molecule has 0 aliphatic heterocycles. The number of halogens is 1. The second-order valence-electron chi connectivity index (χ2n) is 4.31. The third kappa shape index (κ3) is 16.0. The van der Waals surface area contributed by atoms with E-state index in [4.69, 9.17) is 15.4 Å². The minimum Gasteiger partial charge on any atom is -0.382 e.